The molecule has 1 amide bonds. The van der Waals surface area contributed by atoms with Crippen LogP contribution < -0.4 is 4.90 Å². The lowest BCUT2D eigenvalue weighted by molar-refractivity contribution is -0.141. The van der Waals surface area contributed by atoms with Crippen molar-refractivity contribution in [2.45, 2.75) is 24.7 Å². The van der Waals surface area contributed by atoms with Crippen molar-refractivity contribution in [2.75, 3.05) is 31.1 Å². The summed E-state index contributed by atoms with van der Waals surface area (Å²) >= 11 is 0. The summed E-state index contributed by atoms with van der Waals surface area (Å²) < 4.78 is 13.7. The lowest BCUT2D eigenvalue weighted by atomic mass is 9.63. The van der Waals surface area contributed by atoms with Crippen molar-refractivity contribution in [3.63, 3.8) is 0 Å². The molecule has 2 heterocycles. The number of amides is 1. The number of carbonyl (C=O) groups is 1. The van der Waals surface area contributed by atoms with E-state index >= 15 is 0 Å². The Balaban J connectivity index is 1.48. The van der Waals surface area contributed by atoms with E-state index in [1.165, 1.54) is 12.1 Å². The van der Waals surface area contributed by atoms with E-state index in [4.69, 9.17) is 0 Å². The summed E-state index contributed by atoms with van der Waals surface area (Å²) in [6.07, 6.45) is 6.08. The fourth-order valence-electron chi connectivity index (χ4n) is 3.81. The van der Waals surface area contributed by atoms with Gasteiger partial charge in [0.1, 0.15) is 5.82 Å². The third-order valence-electron chi connectivity index (χ3n) is 5.40. The first-order valence-electron chi connectivity index (χ1n) is 8.76. The molecule has 0 unspecified atom stereocenters. The summed E-state index contributed by atoms with van der Waals surface area (Å²) in [6, 6.07) is 8.32. The second-order valence-corrected chi connectivity index (χ2v) is 6.77. The van der Waals surface area contributed by atoms with Crippen LogP contribution in [-0.4, -0.2) is 47.0 Å². The highest BCUT2D eigenvalue weighted by atomic mass is 19.1. The maximum atomic E-state index is 13.7. The van der Waals surface area contributed by atoms with Crippen LogP contribution in [0.25, 0.3) is 0 Å². The number of halogens is 1. The first-order valence-corrected chi connectivity index (χ1v) is 8.76. The van der Waals surface area contributed by atoms with Gasteiger partial charge in [0.05, 0.1) is 5.41 Å². The summed E-state index contributed by atoms with van der Waals surface area (Å²) in [5.41, 5.74) is 0.283. The Labute approximate surface area is 146 Å². The van der Waals surface area contributed by atoms with E-state index in [-0.39, 0.29) is 11.7 Å². The summed E-state index contributed by atoms with van der Waals surface area (Å²) in [7, 11) is 0. The van der Waals surface area contributed by atoms with Crippen molar-refractivity contribution in [3.8, 4) is 0 Å². The molecular formula is C19H21FN4O. The molecule has 0 bridgehead atoms. The van der Waals surface area contributed by atoms with E-state index in [2.05, 4.69) is 14.9 Å². The standard InChI is InChI=1S/C19H21FN4O/c20-16-5-1-4-15(14-16)19(6-2-7-19)17(25)23-10-12-24(13-11-23)18-21-8-3-9-22-18/h1,3-5,8-9,14H,2,6-7,10-13H2. The van der Waals surface area contributed by atoms with Gasteiger partial charge in [-0.15, -0.1) is 0 Å². The topological polar surface area (TPSA) is 49.3 Å². The third-order valence-corrected chi connectivity index (χ3v) is 5.40. The number of rotatable bonds is 3. The maximum Gasteiger partial charge on any atom is 0.233 e. The van der Waals surface area contributed by atoms with Crippen LogP contribution in [-0.2, 0) is 10.2 Å². The average molecular weight is 340 g/mol. The van der Waals surface area contributed by atoms with Gasteiger partial charge in [-0.1, -0.05) is 18.6 Å². The molecule has 6 heteroatoms. The van der Waals surface area contributed by atoms with Crippen LogP contribution >= 0.6 is 0 Å². The molecule has 1 aromatic carbocycles. The molecule has 0 spiro atoms. The quantitative estimate of drug-likeness (QED) is 0.861. The molecule has 0 N–H and O–H groups in total. The first-order chi connectivity index (χ1) is 12.2. The van der Waals surface area contributed by atoms with E-state index in [9.17, 15) is 9.18 Å². The van der Waals surface area contributed by atoms with Gasteiger partial charge >= 0.3 is 0 Å². The monoisotopic (exact) mass is 340 g/mol. The Morgan fingerprint density at radius 2 is 1.76 bits per heavy atom. The number of carbonyl (C=O) groups excluding carboxylic acids is 1. The van der Waals surface area contributed by atoms with Crippen LogP contribution in [0.2, 0.25) is 0 Å². The van der Waals surface area contributed by atoms with Crippen LogP contribution in [0.4, 0.5) is 10.3 Å². The summed E-state index contributed by atoms with van der Waals surface area (Å²) in [5.74, 6) is 0.568. The average Bonchev–Trinajstić information content (AvgIpc) is 2.62. The van der Waals surface area contributed by atoms with Gasteiger partial charge < -0.3 is 9.80 Å². The Morgan fingerprint density at radius 3 is 2.36 bits per heavy atom. The molecule has 25 heavy (non-hydrogen) atoms. The van der Waals surface area contributed by atoms with Gasteiger partial charge in [0, 0.05) is 38.6 Å². The maximum absolute atomic E-state index is 13.7. The molecule has 2 fully saturated rings. The van der Waals surface area contributed by atoms with Crippen molar-refractivity contribution in [1.29, 1.82) is 0 Å². The van der Waals surface area contributed by atoms with Crippen molar-refractivity contribution in [2.24, 2.45) is 0 Å². The number of piperazine rings is 1. The van der Waals surface area contributed by atoms with E-state index in [1.807, 2.05) is 11.0 Å². The summed E-state index contributed by atoms with van der Waals surface area (Å²) in [5, 5.41) is 0. The van der Waals surface area contributed by atoms with E-state index < -0.39 is 5.41 Å². The van der Waals surface area contributed by atoms with E-state index in [0.29, 0.717) is 19.0 Å². The highest BCUT2D eigenvalue weighted by Gasteiger charge is 2.48. The number of anilines is 1. The van der Waals surface area contributed by atoms with Crippen molar-refractivity contribution in [3.05, 3.63) is 54.1 Å². The molecular weight excluding hydrogens is 319 g/mol. The Kier molecular flexibility index (Phi) is 4.11. The number of hydrogen-bond donors (Lipinski definition) is 0. The van der Waals surface area contributed by atoms with Gasteiger partial charge in [0.25, 0.3) is 0 Å². The summed E-state index contributed by atoms with van der Waals surface area (Å²) in [4.78, 5) is 25.8. The van der Waals surface area contributed by atoms with Crippen LogP contribution in [0.5, 0.6) is 0 Å². The number of nitrogens with zero attached hydrogens (tertiary/aromatic N) is 4. The van der Waals surface area contributed by atoms with Crippen molar-refractivity contribution in [1.82, 2.24) is 14.9 Å². The molecule has 130 valence electrons. The highest BCUT2D eigenvalue weighted by Crippen LogP contribution is 2.45. The van der Waals surface area contributed by atoms with Crippen LogP contribution in [0, 0.1) is 5.82 Å². The minimum Gasteiger partial charge on any atom is -0.338 e. The van der Waals surface area contributed by atoms with Gasteiger partial charge in [-0.05, 0) is 36.6 Å². The molecule has 0 radical (unpaired) electrons. The van der Waals surface area contributed by atoms with Crippen molar-refractivity contribution >= 4 is 11.9 Å². The Morgan fingerprint density at radius 1 is 1.04 bits per heavy atom. The zero-order chi connectivity index (χ0) is 17.3. The molecule has 2 aromatic rings. The molecule has 1 aliphatic heterocycles. The van der Waals surface area contributed by atoms with Crippen LogP contribution in [0.1, 0.15) is 24.8 Å². The van der Waals surface area contributed by atoms with Gasteiger partial charge in [-0.3, -0.25) is 4.79 Å². The van der Waals surface area contributed by atoms with Gasteiger partial charge in [0.15, 0.2) is 0 Å². The fourth-order valence-corrected chi connectivity index (χ4v) is 3.81. The lowest BCUT2D eigenvalue weighted by Crippen LogP contribution is -2.57. The number of hydrogen-bond acceptors (Lipinski definition) is 4. The molecule has 1 saturated carbocycles. The van der Waals surface area contributed by atoms with Gasteiger partial charge in [-0.25, -0.2) is 14.4 Å². The largest absolute Gasteiger partial charge is 0.338 e. The van der Waals surface area contributed by atoms with Crippen LogP contribution in [0.3, 0.4) is 0 Å². The van der Waals surface area contributed by atoms with Gasteiger partial charge in [-0.2, -0.15) is 0 Å². The predicted octanol–water partition coefficient (Wildman–Crippen LogP) is 2.39. The third kappa shape index (κ3) is 2.86. The van der Waals surface area contributed by atoms with Gasteiger partial charge in [0.2, 0.25) is 11.9 Å². The minimum atomic E-state index is -0.534. The highest BCUT2D eigenvalue weighted by molar-refractivity contribution is 5.89. The normalized spacial score (nSPS) is 19.4. The van der Waals surface area contributed by atoms with Crippen LogP contribution in [0.15, 0.2) is 42.7 Å². The fraction of sp³-hybridized carbons (Fsp3) is 0.421. The Hall–Kier alpha value is -2.50. The van der Waals surface area contributed by atoms with Crippen molar-refractivity contribution < 1.29 is 9.18 Å². The van der Waals surface area contributed by atoms with E-state index in [1.54, 1.807) is 24.5 Å². The SMILES string of the molecule is O=C(N1CCN(c2ncccn2)CC1)C1(c2cccc(F)c2)CCC1. The molecule has 2 aliphatic rings. The molecule has 1 aromatic heterocycles. The second-order valence-electron chi connectivity index (χ2n) is 6.77. The number of aromatic nitrogens is 2. The first kappa shape index (κ1) is 16.0. The Bertz CT molecular complexity index is 755. The van der Waals surface area contributed by atoms with E-state index in [0.717, 1.165) is 37.9 Å². The number of benzene rings is 1. The second kappa shape index (κ2) is 6.43. The molecule has 1 saturated heterocycles. The lowest BCUT2D eigenvalue weighted by Gasteiger charge is -2.46. The molecule has 5 nitrogen and oxygen atoms in total. The minimum absolute atomic E-state index is 0.137. The zero-order valence-electron chi connectivity index (χ0n) is 14.1. The summed E-state index contributed by atoms with van der Waals surface area (Å²) in [6.45, 7) is 2.73. The molecule has 1 aliphatic carbocycles. The zero-order valence-corrected chi connectivity index (χ0v) is 14.1. The smallest absolute Gasteiger partial charge is 0.233 e. The molecule has 0 atom stereocenters. The predicted molar refractivity (Wildman–Crippen MR) is 92.8 cm³/mol. The molecule has 4 rings (SSSR count).